The van der Waals surface area contributed by atoms with Gasteiger partial charge in [0.2, 0.25) is 0 Å². The van der Waals surface area contributed by atoms with E-state index in [-0.39, 0.29) is 24.8 Å². The molecule has 0 unspecified atom stereocenters. The Labute approximate surface area is 269 Å². The van der Waals surface area contributed by atoms with Gasteiger partial charge < -0.3 is 14.8 Å². The lowest BCUT2D eigenvalue weighted by Crippen LogP contribution is -2.21. The van der Waals surface area contributed by atoms with Gasteiger partial charge in [-0.3, -0.25) is 0 Å². The van der Waals surface area contributed by atoms with Gasteiger partial charge in [0.1, 0.15) is 36.1 Å². The molecule has 0 saturated carbocycles. The zero-order valence-corrected chi connectivity index (χ0v) is 27.0. The third-order valence-electron chi connectivity index (χ3n) is 6.94. The van der Waals surface area contributed by atoms with Crippen molar-refractivity contribution in [1.29, 1.82) is 0 Å². The van der Waals surface area contributed by atoms with Gasteiger partial charge in [-0.15, -0.1) is 11.3 Å². The molecule has 0 radical (unpaired) electrons. The summed E-state index contributed by atoms with van der Waals surface area (Å²) in [6.07, 6.45) is 2.63. The van der Waals surface area contributed by atoms with Crippen LogP contribution in [0.15, 0.2) is 66.3 Å². The summed E-state index contributed by atoms with van der Waals surface area (Å²) in [4.78, 5) is 13.2. The molecule has 0 saturated heterocycles. The zero-order chi connectivity index (χ0) is 32.0. The maximum Gasteiger partial charge on any atom is 0.154 e. The number of anilines is 2. The molecule has 5 rings (SSSR count). The molecule has 0 bridgehead atoms. The average molecular weight is 673 g/mol. The lowest BCUT2D eigenvalue weighted by Gasteiger charge is -2.12. The molecule has 0 spiro atoms. The van der Waals surface area contributed by atoms with Gasteiger partial charge in [0.05, 0.1) is 38.9 Å². The summed E-state index contributed by atoms with van der Waals surface area (Å²) in [5.41, 5.74) is 2.54. The predicted molar refractivity (Wildman–Crippen MR) is 174 cm³/mol. The third kappa shape index (κ3) is 8.51. The number of thiazole rings is 1. The number of sulfone groups is 1. The number of fused-ring (bicyclic) bond motifs is 1. The Balaban J connectivity index is 1.24. The molecule has 0 amide bonds. The number of aromatic nitrogens is 3. The minimum atomic E-state index is -3.13. The van der Waals surface area contributed by atoms with Crippen LogP contribution in [0.2, 0.25) is 5.02 Å². The third-order valence-corrected chi connectivity index (χ3v) is 10.3. The number of aryl methyl sites for hydroxylation is 1. The van der Waals surface area contributed by atoms with Crippen LogP contribution in [0, 0.1) is 11.6 Å². The number of ether oxygens (including phenoxy) is 2. The van der Waals surface area contributed by atoms with Gasteiger partial charge >= 0.3 is 0 Å². The minimum absolute atomic E-state index is 0.00134. The molecule has 5 aromatic rings. The van der Waals surface area contributed by atoms with Crippen molar-refractivity contribution < 1.29 is 26.7 Å². The number of benzene rings is 3. The maximum absolute atomic E-state index is 15.2. The number of hydrogen-bond acceptors (Lipinski definition) is 9. The Hall–Kier alpha value is -3.71. The van der Waals surface area contributed by atoms with Crippen molar-refractivity contribution in [3.63, 3.8) is 0 Å². The van der Waals surface area contributed by atoms with Crippen LogP contribution >= 0.6 is 22.9 Å². The lowest BCUT2D eigenvalue weighted by molar-refractivity contribution is 0.146. The first-order chi connectivity index (χ1) is 21.6. The summed E-state index contributed by atoms with van der Waals surface area (Å²) in [6.45, 7) is 4.03. The van der Waals surface area contributed by atoms with Crippen molar-refractivity contribution >= 4 is 55.2 Å². The van der Waals surface area contributed by atoms with Gasteiger partial charge in [0, 0.05) is 41.1 Å². The number of nitrogens with zero attached hydrogens (tertiary/aromatic N) is 3. The summed E-state index contributed by atoms with van der Waals surface area (Å²) in [5, 5.41) is 6.37. The molecule has 0 aliphatic heterocycles. The van der Waals surface area contributed by atoms with Crippen molar-refractivity contribution in [1.82, 2.24) is 15.0 Å². The molecule has 0 aliphatic carbocycles. The normalized spacial score (nSPS) is 11.8. The molecule has 3 aromatic carbocycles. The van der Waals surface area contributed by atoms with Gasteiger partial charge in [-0.05, 0) is 62.2 Å². The van der Waals surface area contributed by atoms with Crippen LogP contribution in [-0.4, -0.2) is 47.6 Å². The van der Waals surface area contributed by atoms with Gasteiger partial charge in [0.15, 0.2) is 9.84 Å². The van der Waals surface area contributed by atoms with E-state index in [1.54, 1.807) is 55.6 Å². The largest absolute Gasteiger partial charge is 0.487 e. The van der Waals surface area contributed by atoms with Crippen molar-refractivity contribution in [2.75, 3.05) is 24.3 Å². The minimum Gasteiger partial charge on any atom is -0.487 e. The molecule has 236 valence electrons. The molecule has 45 heavy (non-hydrogen) atoms. The van der Waals surface area contributed by atoms with E-state index in [0.29, 0.717) is 69.4 Å². The SMILES string of the molecule is CC(C)S(=O)(=O)CCOCCCc1nc(-c2cc3c(Nc4ccc(OCc5cccc(F)c5)c(Cl)c4)ncnc3cc2F)cs1. The van der Waals surface area contributed by atoms with E-state index >= 15 is 4.39 Å². The van der Waals surface area contributed by atoms with Gasteiger partial charge in [-0.2, -0.15) is 0 Å². The Morgan fingerprint density at radius 1 is 1.04 bits per heavy atom. The molecular formula is C32H31ClF2N4O4S2. The lowest BCUT2D eigenvalue weighted by atomic mass is 10.1. The van der Waals surface area contributed by atoms with Crippen LogP contribution in [0.5, 0.6) is 5.75 Å². The Morgan fingerprint density at radius 3 is 2.67 bits per heavy atom. The summed E-state index contributed by atoms with van der Waals surface area (Å²) in [6, 6.07) is 14.3. The highest BCUT2D eigenvalue weighted by Crippen LogP contribution is 2.34. The molecule has 13 heteroatoms. The standard InChI is InChI=1S/C32H31ClF2N4O4S2/c1-20(2)45(40,41)12-11-42-10-4-7-31-39-29(18-44-31)24-15-25-28(16-27(24)35)36-19-37-32(25)38-23-8-9-30(26(33)14-23)43-17-21-5-3-6-22(34)13-21/h3,5-6,8-9,13-16,18-20H,4,7,10-12,17H2,1-2H3,(H,36,37,38). The van der Waals surface area contributed by atoms with Gasteiger partial charge in [0.25, 0.3) is 0 Å². The van der Waals surface area contributed by atoms with Crippen molar-refractivity contribution in [3.8, 4) is 17.0 Å². The Morgan fingerprint density at radius 2 is 1.89 bits per heavy atom. The number of nitrogens with one attached hydrogen (secondary N) is 1. The monoisotopic (exact) mass is 672 g/mol. The van der Waals surface area contributed by atoms with Crippen molar-refractivity contribution in [2.45, 2.75) is 38.5 Å². The summed E-state index contributed by atoms with van der Waals surface area (Å²) >= 11 is 7.89. The van der Waals surface area contributed by atoms with Gasteiger partial charge in [-0.25, -0.2) is 32.2 Å². The highest BCUT2D eigenvalue weighted by atomic mass is 35.5. The van der Waals surface area contributed by atoms with Crippen LogP contribution in [0.4, 0.5) is 20.3 Å². The molecule has 0 atom stereocenters. The van der Waals surface area contributed by atoms with E-state index in [1.807, 2.05) is 0 Å². The molecular weight excluding hydrogens is 642 g/mol. The molecule has 2 aromatic heterocycles. The first-order valence-corrected chi connectivity index (χ1v) is 17.2. The van der Waals surface area contributed by atoms with Crippen molar-refractivity contribution in [2.24, 2.45) is 0 Å². The molecule has 0 aliphatic rings. The van der Waals surface area contributed by atoms with Crippen LogP contribution in [0.25, 0.3) is 22.2 Å². The van der Waals surface area contributed by atoms with E-state index < -0.39 is 20.9 Å². The fourth-order valence-electron chi connectivity index (χ4n) is 4.38. The fraction of sp³-hybridized carbons (Fsp3) is 0.281. The Kier molecular flexibility index (Phi) is 10.6. The zero-order valence-electron chi connectivity index (χ0n) is 24.6. The highest BCUT2D eigenvalue weighted by molar-refractivity contribution is 7.92. The summed E-state index contributed by atoms with van der Waals surface area (Å²) in [7, 11) is -3.13. The predicted octanol–water partition coefficient (Wildman–Crippen LogP) is 7.78. The number of halogens is 3. The number of hydrogen-bond donors (Lipinski definition) is 1. The molecule has 1 N–H and O–H groups in total. The topological polar surface area (TPSA) is 103 Å². The average Bonchev–Trinajstić information content (AvgIpc) is 3.47. The Bertz CT molecular complexity index is 1900. The maximum atomic E-state index is 15.2. The van der Waals surface area contributed by atoms with Crippen LogP contribution in [0.3, 0.4) is 0 Å². The molecule has 0 fully saturated rings. The van der Waals surface area contributed by atoms with Crippen LogP contribution < -0.4 is 10.1 Å². The molecule has 8 nitrogen and oxygen atoms in total. The van der Waals surface area contributed by atoms with Gasteiger partial charge in [-0.1, -0.05) is 23.7 Å². The first kappa shape index (κ1) is 32.7. The second-order valence-electron chi connectivity index (χ2n) is 10.5. The second kappa shape index (κ2) is 14.6. The van der Waals surface area contributed by atoms with E-state index in [2.05, 4.69) is 20.3 Å². The van der Waals surface area contributed by atoms with E-state index in [1.165, 1.54) is 35.9 Å². The first-order valence-electron chi connectivity index (χ1n) is 14.2. The van der Waals surface area contributed by atoms with Crippen LogP contribution in [0.1, 0.15) is 30.8 Å². The van der Waals surface area contributed by atoms with E-state index in [4.69, 9.17) is 21.1 Å². The fourth-order valence-corrected chi connectivity index (χ4v) is 6.28. The summed E-state index contributed by atoms with van der Waals surface area (Å²) < 4.78 is 63.7. The molecule has 2 heterocycles. The quantitative estimate of drug-likeness (QED) is 0.119. The van der Waals surface area contributed by atoms with E-state index in [9.17, 15) is 12.8 Å². The smallest absolute Gasteiger partial charge is 0.154 e. The number of rotatable bonds is 14. The van der Waals surface area contributed by atoms with E-state index in [0.717, 1.165) is 5.01 Å². The van der Waals surface area contributed by atoms with Crippen molar-refractivity contribution in [3.05, 3.63) is 93.5 Å². The second-order valence-corrected chi connectivity index (χ2v) is 14.5. The van der Waals surface area contributed by atoms with Crippen LogP contribution in [-0.2, 0) is 27.6 Å². The highest BCUT2D eigenvalue weighted by Gasteiger charge is 2.17. The summed E-state index contributed by atoms with van der Waals surface area (Å²) in [5.74, 6) is 0.0966.